The Balaban J connectivity index is 3.50. The largest absolute Gasteiger partial charge is 0.335 e. The van der Waals surface area contributed by atoms with Crippen LogP contribution in [0.5, 0.6) is 0 Å². The van der Waals surface area contributed by atoms with Crippen LogP contribution >= 0.6 is 15.2 Å². The molecule has 0 saturated heterocycles. The maximum Gasteiger partial charge on any atom is 0.335 e. The first-order chi connectivity index (χ1) is 11.0. The van der Waals surface area contributed by atoms with Gasteiger partial charge in [0.05, 0.1) is 10.3 Å². The van der Waals surface area contributed by atoms with E-state index in [1.54, 1.807) is 52.0 Å². The summed E-state index contributed by atoms with van der Waals surface area (Å²) in [6, 6.07) is 6.38. The monoisotopic (exact) mass is 378 g/mol. The van der Waals surface area contributed by atoms with Crippen molar-refractivity contribution in [2.24, 2.45) is 0 Å². The van der Waals surface area contributed by atoms with Gasteiger partial charge in [-0.3, -0.25) is 9.13 Å². The molecule has 1 aromatic carbocycles. The first-order valence-corrected chi connectivity index (χ1v) is 11.4. The van der Waals surface area contributed by atoms with Gasteiger partial charge in [-0.15, -0.1) is 0 Å². The molecule has 0 aliphatic heterocycles. The highest BCUT2D eigenvalue weighted by Gasteiger charge is 2.47. The highest BCUT2D eigenvalue weighted by Crippen LogP contribution is 2.63. The zero-order valence-electron chi connectivity index (χ0n) is 14.6. The fourth-order valence-corrected chi connectivity index (χ4v) is 6.19. The molecule has 0 atom stereocenters. The molecule has 0 fully saturated rings. The van der Waals surface area contributed by atoms with Crippen molar-refractivity contribution in [2.45, 2.75) is 63.7 Å². The van der Waals surface area contributed by atoms with Gasteiger partial charge in [0.25, 0.3) is 0 Å². The molecule has 0 saturated carbocycles. The lowest BCUT2D eigenvalue weighted by molar-refractivity contribution is 0.312. The van der Waals surface area contributed by atoms with Crippen molar-refractivity contribution in [3.8, 4) is 0 Å². The van der Waals surface area contributed by atoms with Crippen LogP contribution in [0.2, 0.25) is 0 Å². The molecule has 0 amide bonds. The van der Waals surface area contributed by atoms with Crippen molar-refractivity contribution in [3.63, 3.8) is 0 Å². The van der Waals surface area contributed by atoms with Crippen LogP contribution in [-0.4, -0.2) is 19.6 Å². The molecular weight excluding hydrogens is 350 g/mol. The molecule has 4 N–H and O–H groups in total. The minimum absolute atomic E-state index is 0.276. The van der Waals surface area contributed by atoms with E-state index >= 15 is 0 Å². The normalized spacial score (nSPS) is 14.0. The SMILES string of the molecule is CCC(CC)(c1ccc(C(CC)(CC)P(=O)(O)O)cc1)P(=O)(O)O. The Morgan fingerprint density at radius 3 is 1.00 bits per heavy atom. The van der Waals surface area contributed by atoms with Gasteiger partial charge < -0.3 is 19.6 Å². The number of hydrogen-bond acceptors (Lipinski definition) is 2. The summed E-state index contributed by atoms with van der Waals surface area (Å²) in [5, 5.41) is -2.54. The van der Waals surface area contributed by atoms with Crippen molar-refractivity contribution in [1.29, 1.82) is 0 Å². The van der Waals surface area contributed by atoms with Gasteiger partial charge in [-0.2, -0.15) is 0 Å². The second kappa shape index (κ2) is 7.41. The predicted octanol–water partition coefficient (Wildman–Crippen LogP) is 4.07. The Morgan fingerprint density at radius 1 is 0.667 bits per heavy atom. The number of hydrogen-bond donors (Lipinski definition) is 4. The van der Waals surface area contributed by atoms with E-state index in [1.807, 2.05) is 0 Å². The lowest BCUT2D eigenvalue weighted by Crippen LogP contribution is -2.26. The molecular formula is C16H28O6P2. The molecule has 0 spiro atoms. The molecule has 0 aliphatic rings. The Labute approximate surface area is 143 Å². The van der Waals surface area contributed by atoms with Gasteiger partial charge in [0, 0.05) is 0 Å². The van der Waals surface area contributed by atoms with Gasteiger partial charge >= 0.3 is 15.2 Å². The highest BCUT2D eigenvalue weighted by atomic mass is 31.2. The molecule has 138 valence electrons. The molecule has 0 aliphatic carbocycles. The van der Waals surface area contributed by atoms with Crippen LogP contribution < -0.4 is 0 Å². The zero-order valence-corrected chi connectivity index (χ0v) is 16.4. The van der Waals surface area contributed by atoms with E-state index in [9.17, 15) is 28.7 Å². The van der Waals surface area contributed by atoms with Crippen LogP contribution in [0.3, 0.4) is 0 Å². The van der Waals surface area contributed by atoms with Crippen molar-refractivity contribution in [2.75, 3.05) is 0 Å². The van der Waals surface area contributed by atoms with Crippen LogP contribution in [-0.2, 0) is 19.4 Å². The number of rotatable bonds is 8. The summed E-state index contributed by atoms with van der Waals surface area (Å²) < 4.78 is 24.1. The van der Waals surface area contributed by atoms with Crippen LogP contribution in [0, 0.1) is 0 Å². The predicted molar refractivity (Wildman–Crippen MR) is 95.1 cm³/mol. The maximum atomic E-state index is 12.0. The summed E-state index contributed by atoms with van der Waals surface area (Å²) in [5.41, 5.74) is 0.993. The summed E-state index contributed by atoms with van der Waals surface area (Å²) in [6.45, 7) is 6.92. The molecule has 1 aromatic rings. The Bertz CT molecular complexity index is 578. The average molecular weight is 378 g/mol. The smallest absolute Gasteiger partial charge is 0.324 e. The van der Waals surface area contributed by atoms with Gasteiger partial charge in [-0.25, -0.2) is 0 Å². The molecule has 6 nitrogen and oxygen atoms in total. The van der Waals surface area contributed by atoms with E-state index < -0.39 is 25.5 Å². The molecule has 0 radical (unpaired) electrons. The van der Waals surface area contributed by atoms with Crippen molar-refractivity contribution in [3.05, 3.63) is 35.4 Å². The van der Waals surface area contributed by atoms with E-state index in [0.717, 1.165) is 0 Å². The van der Waals surface area contributed by atoms with Gasteiger partial charge in [0.2, 0.25) is 0 Å². The molecule has 8 heteroatoms. The van der Waals surface area contributed by atoms with Gasteiger partial charge in [0.1, 0.15) is 0 Å². The van der Waals surface area contributed by atoms with E-state index in [2.05, 4.69) is 0 Å². The molecule has 0 bridgehead atoms. The van der Waals surface area contributed by atoms with Crippen molar-refractivity contribution >= 4 is 15.2 Å². The minimum Gasteiger partial charge on any atom is -0.324 e. The molecule has 24 heavy (non-hydrogen) atoms. The second-order valence-corrected chi connectivity index (χ2v) is 10.0. The van der Waals surface area contributed by atoms with Crippen molar-refractivity contribution < 1.29 is 28.7 Å². The Hall–Kier alpha value is -0.480. The van der Waals surface area contributed by atoms with E-state index in [-0.39, 0.29) is 25.7 Å². The van der Waals surface area contributed by atoms with Crippen LogP contribution in [0.15, 0.2) is 24.3 Å². The maximum absolute atomic E-state index is 12.0. The number of benzene rings is 1. The third kappa shape index (κ3) is 3.41. The summed E-state index contributed by atoms with van der Waals surface area (Å²) in [7, 11) is -8.77. The minimum atomic E-state index is -4.38. The van der Waals surface area contributed by atoms with Gasteiger partial charge in [-0.05, 0) is 36.8 Å². The van der Waals surface area contributed by atoms with E-state index in [1.165, 1.54) is 0 Å². The highest BCUT2D eigenvalue weighted by molar-refractivity contribution is 7.53. The van der Waals surface area contributed by atoms with Crippen LogP contribution in [0.25, 0.3) is 0 Å². The second-order valence-electron chi connectivity index (χ2n) is 6.14. The molecule has 0 heterocycles. The first-order valence-electron chi connectivity index (χ1n) is 8.18. The fourth-order valence-electron chi connectivity index (χ4n) is 3.57. The summed E-state index contributed by atoms with van der Waals surface area (Å²) in [6.07, 6.45) is 1.10. The molecule has 0 unspecified atom stereocenters. The lowest BCUT2D eigenvalue weighted by Gasteiger charge is -2.35. The lowest BCUT2D eigenvalue weighted by atomic mass is 9.88. The van der Waals surface area contributed by atoms with E-state index in [4.69, 9.17) is 0 Å². The summed E-state index contributed by atoms with van der Waals surface area (Å²) in [5.74, 6) is 0. The van der Waals surface area contributed by atoms with Crippen LogP contribution in [0.1, 0.15) is 64.5 Å². The third-order valence-corrected chi connectivity index (χ3v) is 9.43. The average Bonchev–Trinajstić information content (AvgIpc) is 2.49. The quantitative estimate of drug-likeness (QED) is 0.507. The molecule has 0 aromatic heterocycles. The Kier molecular flexibility index (Phi) is 6.66. The topological polar surface area (TPSA) is 115 Å². The fraction of sp³-hybridized carbons (Fsp3) is 0.625. The third-order valence-electron chi connectivity index (χ3n) is 5.41. The molecule has 1 rings (SSSR count). The summed E-state index contributed by atoms with van der Waals surface area (Å²) in [4.78, 5) is 39.3. The standard InChI is InChI=1S/C16H28O6P2/c1-5-15(6-2,23(17,18)19)13-9-11-14(12-10-13)16(7-3,8-4)24(20,21)22/h9-12H,5-8H2,1-4H3,(H2,17,18,19)(H2,20,21,22). The first kappa shape index (κ1) is 21.6. The Morgan fingerprint density at radius 2 is 0.875 bits per heavy atom. The summed E-state index contributed by atoms with van der Waals surface area (Å²) >= 11 is 0. The van der Waals surface area contributed by atoms with Crippen molar-refractivity contribution in [1.82, 2.24) is 0 Å². The van der Waals surface area contributed by atoms with Gasteiger partial charge in [-0.1, -0.05) is 52.0 Å². The van der Waals surface area contributed by atoms with E-state index in [0.29, 0.717) is 11.1 Å². The van der Waals surface area contributed by atoms with Crippen LogP contribution in [0.4, 0.5) is 0 Å². The van der Waals surface area contributed by atoms with Gasteiger partial charge in [0.15, 0.2) is 0 Å². The zero-order chi connectivity index (χ0) is 18.8.